The molecule has 0 N–H and O–H groups in total. The summed E-state index contributed by atoms with van der Waals surface area (Å²) in [7, 11) is 3.45. The van der Waals surface area contributed by atoms with Crippen molar-refractivity contribution in [3.05, 3.63) is 53.6 Å². The molecule has 3 rings (SSSR count). The van der Waals surface area contributed by atoms with Gasteiger partial charge in [-0.3, -0.25) is 14.7 Å². The molecule has 1 fully saturated rings. The summed E-state index contributed by atoms with van der Waals surface area (Å²) in [5.74, 6) is -0.00819. The van der Waals surface area contributed by atoms with Crippen molar-refractivity contribution in [2.45, 2.75) is 6.54 Å². The average Bonchev–Trinajstić information content (AvgIpc) is 3.01. The summed E-state index contributed by atoms with van der Waals surface area (Å²) >= 11 is 1.41. The number of nitrogens with zero attached hydrogens (tertiary/aromatic N) is 3. The van der Waals surface area contributed by atoms with Gasteiger partial charge in [-0.1, -0.05) is 24.3 Å². The summed E-state index contributed by atoms with van der Waals surface area (Å²) < 4.78 is 2.14. The Kier molecular flexibility index (Phi) is 3.90. The minimum absolute atomic E-state index is 0.00819. The largest absolute Gasteiger partial charge is 0.343 e. The number of para-hydroxylation sites is 1. The molecular formula is C17H17N3OS. The number of likely N-dealkylation sites (N-methyl/N-ethyl adjacent to an activating group) is 1. The first-order valence-electron chi connectivity index (χ1n) is 6.99. The molecule has 0 bridgehead atoms. The summed E-state index contributed by atoms with van der Waals surface area (Å²) in [4.78, 5) is 18.7. The third-order valence-electron chi connectivity index (χ3n) is 3.63. The van der Waals surface area contributed by atoms with E-state index in [2.05, 4.69) is 34.5 Å². The van der Waals surface area contributed by atoms with Crippen molar-refractivity contribution in [2.75, 3.05) is 14.1 Å². The second-order valence-corrected chi connectivity index (χ2v) is 6.03. The molecule has 1 aliphatic heterocycles. The van der Waals surface area contributed by atoms with E-state index in [9.17, 15) is 4.79 Å². The minimum Gasteiger partial charge on any atom is -0.343 e. The molecule has 1 aliphatic rings. The van der Waals surface area contributed by atoms with E-state index in [4.69, 9.17) is 0 Å². The Balaban J connectivity index is 2.10. The van der Waals surface area contributed by atoms with Crippen LogP contribution in [0.5, 0.6) is 0 Å². The number of allylic oxidation sites excluding steroid dienone is 1. The van der Waals surface area contributed by atoms with Gasteiger partial charge in [-0.05, 0) is 23.9 Å². The molecule has 0 aliphatic carbocycles. The van der Waals surface area contributed by atoms with Crippen molar-refractivity contribution < 1.29 is 4.79 Å². The van der Waals surface area contributed by atoms with Gasteiger partial charge < -0.3 is 4.57 Å². The standard InChI is InChI=1S/C17H17N3OS/c1-4-9-20-11-12(13-7-5-6-8-14(13)20)10-15-16(21)19(3)17(18-2)22-15/h4-8,10-11H,1,9H2,2-3H3/b15-10+,18-17?. The number of hydrogen-bond donors (Lipinski definition) is 0. The van der Waals surface area contributed by atoms with Gasteiger partial charge in [-0.2, -0.15) is 0 Å². The number of amidine groups is 1. The van der Waals surface area contributed by atoms with Crippen LogP contribution in [0.15, 0.2) is 53.0 Å². The van der Waals surface area contributed by atoms with Gasteiger partial charge in [-0.15, -0.1) is 6.58 Å². The number of fused-ring (bicyclic) bond motifs is 1. The number of amides is 1. The van der Waals surface area contributed by atoms with Crippen LogP contribution in [0, 0.1) is 0 Å². The molecule has 1 aromatic carbocycles. The molecule has 0 spiro atoms. The fourth-order valence-electron chi connectivity index (χ4n) is 2.57. The van der Waals surface area contributed by atoms with Gasteiger partial charge in [0.15, 0.2) is 5.17 Å². The highest BCUT2D eigenvalue weighted by Crippen LogP contribution is 2.33. The van der Waals surface area contributed by atoms with E-state index < -0.39 is 0 Å². The monoisotopic (exact) mass is 311 g/mol. The second-order valence-electron chi connectivity index (χ2n) is 5.02. The molecule has 0 saturated carbocycles. The maximum atomic E-state index is 12.3. The molecule has 1 aromatic heterocycles. The smallest absolute Gasteiger partial charge is 0.266 e. The van der Waals surface area contributed by atoms with Crippen LogP contribution in [0.1, 0.15) is 5.56 Å². The summed E-state index contributed by atoms with van der Waals surface area (Å²) in [5.41, 5.74) is 2.18. The Morgan fingerprint density at radius 1 is 1.36 bits per heavy atom. The fourth-order valence-corrected chi connectivity index (χ4v) is 3.49. The normalized spacial score (nSPS) is 18.8. The highest BCUT2D eigenvalue weighted by molar-refractivity contribution is 8.18. The summed E-state index contributed by atoms with van der Waals surface area (Å²) in [6.45, 7) is 4.54. The molecule has 1 amide bonds. The predicted octanol–water partition coefficient (Wildman–Crippen LogP) is 3.36. The van der Waals surface area contributed by atoms with E-state index in [0.717, 1.165) is 28.2 Å². The lowest BCUT2D eigenvalue weighted by molar-refractivity contribution is -0.121. The number of carbonyl (C=O) groups excluding carboxylic acids is 1. The van der Waals surface area contributed by atoms with Crippen molar-refractivity contribution in [1.29, 1.82) is 0 Å². The van der Waals surface area contributed by atoms with Crippen LogP contribution < -0.4 is 0 Å². The van der Waals surface area contributed by atoms with E-state index in [1.807, 2.05) is 24.3 Å². The van der Waals surface area contributed by atoms with Gasteiger partial charge in [-0.25, -0.2) is 0 Å². The van der Waals surface area contributed by atoms with Gasteiger partial charge in [0.1, 0.15) is 0 Å². The van der Waals surface area contributed by atoms with Gasteiger partial charge in [0.2, 0.25) is 0 Å². The Labute approximate surface area is 133 Å². The molecular weight excluding hydrogens is 294 g/mol. The highest BCUT2D eigenvalue weighted by Gasteiger charge is 2.29. The zero-order valence-electron chi connectivity index (χ0n) is 12.6. The van der Waals surface area contributed by atoms with Gasteiger partial charge in [0, 0.05) is 43.3 Å². The Bertz CT molecular complexity index is 816. The number of hydrogen-bond acceptors (Lipinski definition) is 3. The van der Waals surface area contributed by atoms with E-state index in [1.165, 1.54) is 11.8 Å². The first-order chi connectivity index (χ1) is 10.7. The number of aliphatic imine (C=N–C) groups is 1. The molecule has 0 unspecified atom stereocenters. The Morgan fingerprint density at radius 3 is 2.82 bits per heavy atom. The third-order valence-corrected chi connectivity index (χ3v) is 4.78. The zero-order chi connectivity index (χ0) is 15.7. The van der Waals surface area contributed by atoms with Crippen LogP contribution in [0.4, 0.5) is 0 Å². The van der Waals surface area contributed by atoms with E-state index in [1.54, 1.807) is 19.0 Å². The molecule has 0 atom stereocenters. The first-order valence-corrected chi connectivity index (χ1v) is 7.80. The maximum Gasteiger partial charge on any atom is 0.266 e. The van der Waals surface area contributed by atoms with Crippen molar-refractivity contribution in [3.8, 4) is 0 Å². The molecule has 22 heavy (non-hydrogen) atoms. The first kappa shape index (κ1) is 14.7. The number of rotatable bonds is 3. The summed E-state index contributed by atoms with van der Waals surface area (Å²) in [6, 6.07) is 8.18. The van der Waals surface area contributed by atoms with E-state index >= 15 is 0 Å². The quantitative estimate of drug-likeness (QED) is 0.644. The molecule has 4 nitrogen and oxygen atoms in total. The summed E-state index contributed by atoms with van der Waals surface area (Å²) in [6.07, 6.45) is 5.88. The second kappa shape index (κ2) is 5.85. The van der Waals surface area contributed by atoms with Crippen LogP contribution >= 0.6 is 11.8 Å². The molecule has 1 saturated heterocycles. The van der Waals surface area contributed by atoms with Crippen molar-refractivity contribution in [1.82, 2.24) is 9.47 Å². The number of carbonyl (C=O) groups is 1. The number of aromatic nitrogens is 1. The Morgan fingerprint density at radius 2 is 2.14 bits per heavy atom. The predicted molar refractivity (Wildman–Crippen MR) is 93.8 cm³/mol. The molecule has 0 radical (unpaired) electrons. The van der Waals surface area contributed by atoms with Crippen LogP contribution in [-0.4, -0.2) is 34.6 Å². The lowest BCUT2D eigenvalue weighted by Gasteiger charge is -2.04. The molecule has 5 heteroatoms. The summed E-state index contributed by atoms with van der Waals surface area (Å²) in [5, 5.41) is 1.86. The number of thioether (sulfide) groups is 1. The maximum absolute atomic E-state index is 12.3. The van der Waals surface area contributed by atoms with Gasteiger partial charge in [0.05, 0.1) is 4.91 Å². The highest BCUT2D eigenvalue weighted by atomic mass is 32.2. The van der Waals surface area contributed by atoms with Crippen molar-refractivity contribution in [3.63, 3.8) is 0 Å². The fraction of sp³-hybridized carbons (Fsp3) is 0.176. The minimum atomic E-state index is -0.00819. The molecule has 2 heterocycles. The van der Waals surface area contributed by atoms with Crippen LogP contribution in [0.2, 0.25) is 0 Å². The van der Waals surface area contributed by atoms with E-state index in [0.29, 0.717) is 4.91 Å². The van der Waals surface area contributed by atoms with Gasteiger partial charge in [0.25, 0.3) is 5.91 Å². The zero-order valence-corrected chi connectivity index (χ0v) is 13.4. The SMILES string of the molecule is C=CCn1cc(/C=C2/SC(=NC)N(C)C2=O)c2ccccc21. The van der Waals surface area contributed by atoms with Crippen molar-refractivity contribution >= 4 is 39.8 Å². The lowest BCUT2D eigenvalue weighted by atomic mass is 10.1. The van der Waals surface area contributed by atoms with E-state index in [-0.39, 0.29) is 5.91 Å². The Hall–Kier alpha value is -2.27. The van der Waals surface area contributed by atoms with Crippen LogP contribution in [0.3, 0.4) is 0 Å². The topological polar surface area (TPSA) is 37.6 Å². The lowest BCUT2D eigenvalue weighted by Crippen LogP contribution is -2.23. The van der Waals surface area contributed by atoms with Crippen LogP contribution in [0.25, 0.3) is 17.0 Å². The number of benzene rings is 1. The third kappa shape index (κ3) is 2.37. The molecule has 112 valence electrons. The molecule has 2 aromatic rings. The average molecular weight is 311 g/mol. The van der Waals surface area contributed by atoms with Gasteiger partial charge >= 0.3 is 0 Å². The van der Waals surface area contributed by atoms with Crippen LogP contribution in [-0.2, 0) is 11.3 Å². The van der Waals surface area contributed by atoms with Crippen molar-refractivity contribution in [2.24, 2.45) is 4.99 Å².